The molecule has 5 nitrogen and oxygen atoms in total. The van der Waals surface area contributed by atoms with Crippen molar-refractivity contribution >= 4 is 0 Å². The predicted octanol–water partition coefficient (Wildman–Crippen LogP) is 3.17. The van der Waals surface area contributed by atoms with E-state index in [-0.39, 0.29) is 11.4 Å². The van der Waals surface area contributed by atoms with E-state index in [1.165, 1.54) is 6.07 Å². The molecule has 6 heteroatoms. The number of likely N-dealkylation sites (tertiary alicyclic amines) is 1. The smallest absolute Gasteiger partial charge is 0.148 e. The fourth-order valence-electron chi connectivity index (χ4n) is 4.60. The number of para-hydroxylation sites is 1. The number of benzene rings is 1. The van der Waals surface area contributed by atoms with Gasteiger partial charge in [-0.3, -0.25) is 4.90 Å². The molecule has 0 amide bonds. The van der Waals surface area contributed by atoms with E-state index < -0.39 is 0 Å². The maximum absolute atomic E-state index is 14.0. The van der Waals surface area contributed by atoms with Crippen LogP contribution >= 0.6 is 0 Å². The molecule has 2 heterocycles. The molecule has 26 heavy (non-hydrogen) atoms. The van der Waals surface area contributed by atoms with Crippen molar-refractivity contribution in [2.45, 2.75) is 50.0 Å². The zero-order valence-corrected chi connectivity index (χ0v) is 15.4. The first-order valence-electron chi connectivity index (χ1n) is 9.25. The molecule has 0 radical (unpaired) electrons. The summed E-state index contributed by atoms with van der Waals surface area (Å²) in [6, 6.07) is 7.05. The summed E-state index contributed by atoms with van der Waals surface area (Å²) in [7, 11) is 3.63. The van der Waals surface area contributed by atoms with E-state index in [0.29, 0.717) is 17.8 Å². The van der Waals surface area contributed by atoms with Gasteiger partial charge in [-0.15, -0.1) is 0 Å². The molecule has 2 aliphatic rings. The van der Waals surface area contributed by atoms with Crippen molar-refractivity contribution in [2.75, 3.05) is 20.8 Å². The molecule has 0 bridgehead atoms. The highest BCUT2D eigenvalue weighted by molar-refractivity contribution is 5.33. The normalized spacial score (nSPS) is 29.0. The molecular weight excluding hydrogens is 333 g/mol. The van der Waals surface area contributed by atoms with Gasteiger partial charge in [0.15, 0.2) is 0 Å². The predicted molar refractivity (Wildman–Crippen MR) is 96.7 cm³/mol. The fraction of sp³-hybridized carbons (Fsp3) is 0.550. The van der Waals surface area contributed by atoms with Gasteiger partial charge in [0.25, 0.3) is 0 Å². The van der Waals surface area contributed by atoms with Crippen molar-refractivity contribution in [3.63, 3.8) is 0 Å². The summed E-state index contributed by atoms with van der Waals surface area (Å²) in [4.78, 5) is 2.47. The van der Waals surface area contributed by atoms with E-state index >= 15 is 0 Å². The average Bonchev–Trinajstić information content (AvgIpc) is 3.27. The van der Waals surface area contributed by atoms with Gasteiger partial charge in [-0.2, -0.15) is 5.10 Å². The number of rotatable bonds is 5. The summed E-state index contributed by atoms with van der Waals surface area (Å²) in [5.41, 5.74) is 1.50. The first-order valence-corrected chi connectivity index (χ1v) is 9.25. The second kappa shape index (κ2) is 7.10. The van der Waals surface area contributed by atoms with E-state index in [4.69, 9.17) is 9.47 Å². The van der Waals surface area contributed by atoms with Crippen molar-refractivity contribution in [1.29, 1.82) is 0 Å². The standard InChI is InChI=1S/C20H26FN3O2/c1-25-16-7-8-20(26-2)9-10-23(19(20)11-16)13-15-12-22-24(14-15)18-6-4-3-5-17(18)21/h3-6,12,14,16,19H,7-11,13H2,1-2H3/t16-,19+,20-/m0/s1. The molecular formula is C20H26FN3O2. The quantitative estimate of drug-likeness (QED) is 0.822. The van der Waals surface area contributed by atoms with Gasteiger partial charge in [0.05, 0.1) is 17.9 Å². The van der Waals surface area contributed by atoms with E-state index in [9.17, 15) is 4.39 Å². The first kappa shape index (κ1) is 17.6. The van der Waals surface area contributed by atoms with Crippen molar-refractivity contribution < 1.29 is 13.9 Å². The second-order valence-corrected chi connectivity index (χ2v) is 7.38. The fourth-order valence-corrected chi connectivity index (χ4v) is 4.60. The Bertz CT molecular complexity index is 765. The van der Waals surface area contributed by atoms with E-state index in [1.54, 1.807) is 23.9 Å². The van der Waals surface area contributed by atoms with E-state index in [1.807, 2.05) is 25.6 Å². The van der Waals surface area contributed by atoms with E-state index in [0.717, 1.165) is 44.3 Å². The molecule has 2 aromatic rings. The number of ether oxygens (including phenoxy) is 2. The number of methoxy groups -OCH3 is 2. The van der Waals surface area contributed by atoms with Crippen LogP contribution in [0.2, 0.25) is 0 Å². The number of hydrogen-bond donors (Lipinski definition) is 0. The molecule has 0 unspecified atom stereocenters. The van der Waals surface area contributed by atoms with Gasteiger partial charge in [0.1, 0.15) is 11.5 Å². The molecule has 1 aromatic heterocycles. The molecule has 140 valence electrons. The summed E-state index contributed by atoms with van der Waals surface area (Å²) >= 11 is 0. The molecule has 1 aromatic carbocycles. The number of halogens is 1. The van der Waals surface area contributed by atoms with Crippen LogP contribution in [0.4, 0.5) is 4.39 Å². The van der Waals surface area contributed by atoms with Gasteiger partial charge in [0.2, 0.25) is 0 Å². The number of fused-ring (bicyclic) bond motifs is 1. The Hall–Kier alpha value is -1.76. The average molecular weight is 359 g/mol. The van der Waals surface area contributed by atoms with Crippen LogP contribution in [-0.4, -0.2) is 53.2 Å². The summed E-state index contributed by atoms with van der Waals surface area (Å²) in [5, 5.41) is 4.36. The lowest BCUT2D eigenvalue weighted by Gasteiger charge is -2.43. The summed E-state index contributed by atoms with van der Waals surface area (Å²) < 4.78 is 27.2. The van der Waals surface area contributed by atoms with Gasteiger partial charge < -0.3 is 9.47 Å². The summed E-state index contributed by atoms with van der Waals surface area (Å²) in [5.74, 6) is -0.267. The van der Waals surface area contributed by atoms with Gasteiger partial charge in [0, 0.05) is 45.1 Å². The Balaban J connectivity index is 1.52. The van der Waals surface area contributed by atoms with Crippen LogP contribution in [0.5, 0.6) is 0 Å². The number of aromatic nitrogens is 2. The lowest BCUT2D eigenvalue weighted by Crippen LogP contribution is -2.51. The largest absolute Gasteiger partial charge is 0.381 e. The summed E-state index contributed by atoms with van der Waals surface area (Å²) in [6.07, 6.45) is 8.18. The lowest BCUT2D eigenvalue weighted by molar-refractivity contribution is -0.0947. The minimum absolute atomic E-state index is 0.0590. The summed E-state index contributed by atoms with van der Waals surface area (Å²) in [6.45, 7) is 1.79. The van der Waals surface area contributed by atoms with Gasteiger partial charge in [-0.05, 0) is 37.8 Å². The third kappa shape index (κ3) is 3.06. The zero-order chi connectivity index (χ0) is 18.1. The Kier molecular flexibility index (Phi) is 4.82. The van der Waals surface area contributed by atoms with Gasteiger partial charge >= 0.3 is 0 Å². The maximum atomic E-state index is 14.0. The highest BCUT2D eigenvalue weighted by atomic mass is 19.1. The molecule has 4 rings (SSSR count). The molecule has 0 spiro atoms. The van der Waals surface area contributed by atoms with Crippen LogP contribution in [0.3, 0.4) is 0 Å². The topological polar surface area (TPSA) is 39.5 Å². The van der Waals surface area contributed by atoms with E-state index in [2.05, 4.69) is 10.00 Å². The van der Waals surface area contributed by atoms with Crippen LogP contribution in [0.1, 0.15) is 31.2 Å². The van der Waals surface area contributed by atoms with Crippen molar-refractivity contribution in [1.82, 2.24) is 14.7 Å². The Morgan fingerprint density at radius 2 is 2.12 bits per heavy atom. The Morgan fingerprint density at radius 1 is 1.27 bits per heavy atom. The third-order valence-electron chi connectivity index (χ3n) is 6.11. The highest BCUT2D eigenvalue weighted by Gasteiger charge is 2.51. The maximum Gasteiger partial charge on any atom is 0.148 e. The Labute approximate surface area is 153 Å². The SMILES string of the molecule is CO[C@H]1CC[C@]2(OC)CCN(Cc3cnn(-c4ccccc4F)c3)[C@@H]2C1. The van der Waals surface area contributed by atoms with Gasteiger partial charge in [-0.25, -0.2) is 9.07 Å². The monoisotopic (exact) mass is 359 g/mol. The third-order valence-corrected chi connectivity index (χ3v) is 6.11. The van der Waals surface area contributed by atoms with Crippen LogP contribution in [-0.2, 0) is 16.0 Å². The second-order valence-electron chi connectivity index (χ2n) is 7.38. The molecule has 1 aliphatic heterocycles. The van der Waals surface area contributed by atoms with Crippen LogP contribution in [0.15, 0.2) is 36.7 Å². The first-order chi connectivity index (χ1) is 12.6. The van der Waals surface area contributed by atoms with Crippen molar-refractivity contribution in [2.24, 2.45) is 0 Å². The number of hydrogen-bond acceptors (Lipinski definition) is 4. The van der Waals surface area contributed by atoms with Crippen molar-refractivity contribution in [3.8, 4) is 5.69 Å². The molecule has 2 fully saturated rings. The zero-order valence-electron chi connectivity index (χ0n) is 15.4. The highest BCUT2D eigenvalue weighted by Crippen LogP contribution is 2.43. The van der Waals surface area contributed by atoms with Crippen LogP contribution in [0, 0.1) is 5.82 Å². The Morgan fingerprint density at radius 3 is 2.88 bits per heavy atom. The molecule has 3 atom stereocenters. The minimum atomic E-state index is -0.267. The van der Waals surface area contributed by atoms with Crippen molar-refractivity contribution in [3.05, 3.63) is 48.0 Å². The molecule has 1 aliphatic carbocycles. The lowest BCUT2D eigenvalue weighted by atomic mass is 9.79. The van der Waals surface area contributed by atoms with Crippen LogP contribution in [0.25, 0.3) is 5.69 Å². The minimum Gasteiger partial charge on any atom is -0.381 e. The number of nitrogens with zero attached hydrogens (tertiary/aromatic N) is 3. The molecule has 0 N–H and O–H groups in total. The van der Waals surface area contributed by atoms with Gasteiger partial charge in [-0.1, -0.05) is 12.1 Å². The molecule has 1 saturated heterocycles. The molecule has 1 saturated carbocycles. The van der Waals surface area contributed by atoms with Crippen LogP contribution < -0.4 is 0 Å².